The van der Waals surface area contributed by atoms with E-state index in [4.69, 9.17) is 4.42 Å². The predicted molar refractivity (Wildman–Crippen MR) is 124 cm³/mol. The second-order valence-electron chi connectivity index (χ2n) is 7.55. The second kappa shape index (κ2) is 8.40. The number of H-pyrrole nitrogens is 1. The molecular weight excluding hydrogens is 416 g/mol. The van der Waals surface area contributed by atoms with Crippen molar-refractivity contribution in [1.82, 2.24) is 20.2 Å². The third-order valence-corrected chi connectivity index (χ3v) is 5.41. The smallest absolute Gasteiger partial charge is 0.388 e. The Hall–Kier alpha value is -4.77. The number of nitriles is 1. The van der Waals surface area contributed by atoms with Crippen LogP contribution in [0.1, 0.15) is 24.1 Å². The van der Waals surface area contributed by atoms with Gasteiger partial charge in [0.2, 0.25) is 0 Å². The van der Waals surface area contributed by atoms with Crippen LogP contribution < -0.4 is 11.1 Å². The number of nitrogens with one attached hydrogen (secondary N) is 2. The molecule has 0 fully saturated rings. The molecule has 0 saturated heterocycles. The summed E-state index contributed by atoms with van der Waals surface area (Å²) in [5.74, 6) is -0.456. The fourth-order valence-corrected chi connectivity index (χ4v) is 3.72. The number of fused-ring (bicyclic) bond motifs is 1. The molecule has 5 aromatic rings. The van der Waals surface area contributed by atoms with E-state index in [-0.39, 0.29) is 11.9 Å². The lowest BCUT2D eigenvalue weighted by molar-refractivity contribution is 0.527. The van der Waals surface area contributed by atoms with Gasteiger partial charge in [0.15, 0.2) is 0 Å². The number of aromatic amines is 1. The molecule has 0 radical (unpaired) electrons. The van der Waals surface area contributed by atoms with Gasteiger partial charge in [-0.3, -0.25) is 9.97 Å². The van der Waals surface area contributed by atoms with Crippen LogP contribution in [-0.4, -0.2) is 20.2 Å². The summed E-state index contributed by atoms with van der Waals surface area (Å²) in [5, 5.41) is 20.2. The van der Waals surface area contributed by atoms with Gasteiger partial charge >= 0.3 is 5.76 Å². The van der Waals surface area contributed by atoms with Crippen LogP contribution in [0, 0.1) is 11.3 Å². The maximum absolute atomic E-state index is 11.3. The van der Waals surface area contributed by atoms with Crippen molar-refractivity contribution in [1.29, 1.82) is 5.26 Å². The summed E-state index contributed by atoms with van der Waals surface area (Å²) < 4.78 is 5.05. The van der Waals surface area contributed by atoms with Gasteiger partial charge in [-0.1, -0.05) is 36.4 Å². The van der Waals surface area contributed by atoms with Crippen LogP contribution in [0.2, 0.25) is 0 Å². The van der Waals surface area contributed by atoms with Crippen LogP contribution in [0.15, 0.2) is 82.4 Å². The molecule has 2 aromatic carbocycles. The van der Waals surface area contributed by atoms with E-state index in [1.807, 2.05) is 54.6 Å². The Labute approximate surface area is 188 Å². The van der Waals surface area contributed by atoms with Crippen LogP contribution in [0.5, 0.6) is 0 Å². The summed E-state index contributed by atoms with van der Waals surface area (Å²) in [6, 6.07) is 19.9. The van der Waals surface area contributed by atoms with Crippen LogP contribution >= 0.6 is 0 Å². The highest BCUT2D eigenvalue weighted by molar-refractivity contribution is 5.97. The minimum Gasteiger partial charge on any atom is -0.388 e. The van der Waals surface area contributed by atoms with E-state index in [1.165, 1.54) is 0 Å². The molecule has 3 aromatic heterocycles. The molecule has 0 spiro atoms. The van der Waals surface area contributed by atoms with Gasteiger partial charge in [0.1, 0.15) is 6.07 Å². The fraction of sp³-hybridized carbons (Fsp3) is 0.0800. The Bertz CT molecular complexity index is 1550. The molecule has 3 heterocycles. The highest BCUT2D eigenvalue weighted by atomic mass is 16.4. The Morgan fingerprint density at radius 3 is 2.61 bits per heavy atom. The SMILES string of the molecule is CC(Nc1c(C#N)cnc2ccc(-c3cncc(-c4n[nH]c(=O)o4)c3)cc12)c1ccccc1. The monoisotopic (exact) mass is 434 g/mol. The van der Waals surface area contributed by atoms with Crippen LogP contribution in [0.25, 0.3) is 33.5 Å². The number of pyridine rings is 2. The zero-order chi connectivity index (χ0) is 22.8. The average molecular weight is 434 g/mol. The molecule has 0 aliphatic carbocycles. The summed E-state index contributed by atoms with van der Waals surface area (Å²) in [6.07, 6.45) is 4.88. The van der Waals surface area contributed by atoms with Gasteiger partial charge in [-0.15, -0.1) is 5.10 Å². The maximum Gasteiger partial charge on any atom is 0.434 e. The number of rotatable bonds is 5. The standard InChI is InChI=1S/C25H18N6O2/c1-15(16-5-3-2-4-6-16)29-23-20(11-26)14-28-22-8-7-17(10-21(22)23)18-9-19(13-27-12-18)24-30-31-25(32)33-24/h2-10,12-15H,1H3,(H,28,29)(H,31,32). The molecule has 1 atom stereocenters. The number of nitrogens with zero attached hydrogens (tertiary/aromatic N) is 4. The van der Waals surface area contributed by atoms with E-state index in [1.54, 1.807) is 18.6 Å². The molecule has 1 unspecified atom stereocenters. The van der Waals surface area contributed by atoms with Crippen molar-refractivity contribution >= 4 is 16.6 Å². The largest absolute Gasteiger partial charge is 0.434 e. The molecule has 2 N–H and O–H groups in total. The van der Waals surface area contributed by atoms with Gasteiger partial charge in [-0.25, -0.2) is 9.89 Å². The molecule has 0 amide bonds. The minimum atomic E-state index is -0.625. The van der Waals surface area contributed by atoms with Crippen LogP contribution in [0.3, 0.4) is 0 Å². The minimum absolute atomic E-state index is 0.0138. The number of hydrogen-bond donors (Lipinski definition) is 2. The number of hydrogen-bond acceptors (Lipinski definition) is 7. The van der Waals surface area contributed by atoms with Gasteiger partial charge in [0.25, 0.3) is 5.89 Å². The average Bonchev–Trinajstić information content (AvgIpc) is 3.31. The van der Waals surface area contributed by atoms with Crippen molar-refractivity contribution in [2.75, 3.05) is 5.32 Å². The number of anilines is 1. The zero-order valence-electron chi connectivity index (χ0n) is 17.6. The molecule has 33 heavy (non-hydrogen) atoms. The summed E-state index contributed by atoms with van der Waals surface area (Å²) in [4.78, 5) is 20.0. The van der Waals surface area contributed by atoms with E-state index < -0.39 is 5.76 Å². The van der Waals surface area contributed by atoms with E-state index in [2.05, 4.69) is 38.5 Å². The van der Waals surface area contributed by atoms with Gasteiger partial charge in [-0.05, 0) is 36.2 Å². The fourth-order valence-electron chi connectivity index (χ4n) is 3.72. The van der Waals surface area contributed by atoms with Gasteiger partial charge in [-0.2, -0.15) is 5.26 Å². The van der Waals surface area contributed by atoms with Gasteiger partial charge in [0, 0.05) is 35.6 Å². The lowest BCUT2D eigenvalue weighted by Gasteiger charge is -2.18. The Kier molecular flexibility index (Phi) is 5.13. The van der Waals surface area contributed by atoms with Crippen molar-refractivity contribution < 1.29 is 4.42 Å². The summed E-state index contributed by atoms with van der Waals surface area (Å²) >= 11 is 0. The maximum atomic E-state index is 11.3. The first-order valence-electron chi connectivity index (χ1n) is 10.3. The Morgan fingerprint density at radius 1 is 1.03 bits per heavy atom. The molecule has 0 aliphatic rings. The number of benzene rings is 2. The highest BCUT2D eigenvalue weighted by Crippen LogP contribution is 2.33. The van der Waals surface area contributed by atoms with Gasteiger partial charge in [0.05, 0.1) is 22.3 Å². The highest BCUT2D eigenvalue weighted by Gasteiger charge is 2.14. The van der Waals surface area contributed by atoms with Crippen molar-refractivity contribution in [2.45, 2.75) is 13.0 Å². The first-order chi connectivity index (χ1) is 16.1. The normalized spacial score (nSPS) is 11.8. The lowest BCUT2D eigenvalue weighted by atomic mass is 10.0. The summed E-state index contributed by atoms with van der Waals surface area (Å²) in [6.45, 7) is 2.05. The summed E-state index contributed by atoms with van der Waals surface area (Å²) in [5.41, 5.74) is 5.33. The molecule has 8 nitrogen and oxygen atoms in total. The van der Waals surface area contributed by atoms with Gasteiger partial charge < -0.3 is 9.73 Å². The van der Waals surface area contributed by atoms with E-state index in [9.17, 15) is 10.1 Å². The molecule has 0 saturated carbocycles. The third-order valence-electron chi connectivity index (χ3n) is 5.41. The van der Waals surface area contributed by atoms with E-state index >= 15 is 0 Å². The van der Waals surface area contributed by atoms with Crippen molar-refractivity contribution in [3.63, 3.8) is 0 Å². The molecule has 160 valence electrons. The van der Waals surface area contributed by atoms with E-state index in [0.717, 1.165) is 33.3 Å². The molecule has 0 aliphatic heterocycles. The predicted octanol–water partition coefficient (Wildman–Crippen LogP) is 4.68. The van der Waals surface area contributed by atoms with Crippen molar-refractivity contribution in [3.05, 3.63) is 94.9 Å². The molecule has 8 heteroatoms. The zero-order valence-corrected chi connectivity index (χ0v) is 17.6. The van der Waals surface area contributed by atoms with Crippen molar-refractivity contribution in [3.8, 4) is 28.7 Å². The third kappa shape index (κ3) is 3.95. The van der Waals surface area contributed by atoms with Crippen LogP contribution in [-0.2, 0) is 0 Å². The lowest BCUT2D eigenvalue weighted by Crippen LogP contribution is -2.08. The second-order valence-corrected chi connectivity index (χ2v) is 7.55. The molecule has 0 bridgehead atoms. The van der Waals surface area contributed by atoms with Crippen molar-refractivity contribution in [2.24, 2.45) is 0 Å². The quantitative estimate of drug-likeness (QED) is 0.412. The molecule has 5 rings (SSSR count). The first kappa shape index (κ1) is 20.2. The van der Waals surface area contributed by atoms with E-state index in [0.29, 0.717) is 11.1 Å². The van der Waals surface area contributed by atoms with Crippen LogP contribution in [0.4, 0.5) is 5.69 Å². The Morgan fingerprint density at radius 2 is 1.85 bits per heavy atom. The topological polar surface area (TPSA) is 120 Å². The Balaban J connectivity index is 1.59. The number of aromatic nitrogens is 4. The summed E-state index contributed by atoms with van der Waals surface area (Å²) in [7, 11) is 0. The first-order valence-corrected chi connectivity index (χ1v) is 10.3. The molecular formula is C25H18N6O2.